The number of halogens is 1. The summed E-state index contributed by atoms with van der Waals surface area (Å²) >= 11 is 6.04. The van der Waals surface area contributed by atoms with Crippen molar-refractivity contribution in [2.75, 3.05) is 27.3 Å². The molecule has 3 N–H and O–H groups in total. The van der Waals surface area contributed by atoms with Crippen LogP contribution < -0.4 is 10.6 Å². The van der Waals surface area contributed by atoms with Crippen LogP contribution in [0.1, 0.15) is 70.8 Å². The molecule has 3 aliphatic carbocycles. The Labute approximate surface area is 259 Å². The number of carbonyl (C=O) groups excluding carboxylic acids is 3. The largest absolute Gasteiger partial charge is 0.445 e. The van der Waals surface area contributed by atoms with Gasteiger partial charge in [0, 0.05) is 25.5 Å². The number of aliphatic hydroxyl groups is 1. The zero-order valence-corrected chi connectivity index (χ0v) is 27.3. The van der Waals surface area contributed by atoms with Crippen molar-refractivity contribution in [2.45, 2.75) is 89.7 Å². The highest BCUT2D eigenvalue weighted by Gasteiger charge is 2.43. The molecular formula is C30H47ClN3O8P. The fourth-order valence-electron chi connectivity index (χ4n) is 6.15. The van der Waals surface area contributed by atoms with Crippen molar-refractivity contribution < 1.29 is 37.8 Å². The number of amides is 3. The van der Waals surface area contributed by atoms with Gasteiger partial charge < -0.3 is 34.4 Å². The average molecular weight is 644 g/mol. The van der Waals surface area contributed by atoms with E-state index in [-0.39, 0.29) is 44.5 Å². The van der Waals surface area contributed by atoms with Gasteiger partial charge in [-0.25, -0.2) is 4.79 Å². The lowest BCUT2D eigenvalue weighted by atomic mass is 9.63. The Hall–Kier alpha value is -2.17. The molecule has 4 rings (SSSR count). The van der Waals surface area contributed by atoms with Crippen LogP contribution in [0.5, 0.6) is 0 Å². The van der Waals surface area contributed by atoms with Gasteiger partial charge >= 0.3 is 13.7 Å². The molecule has 0 radical (unpaired) electrons. The first kappa shape index (κ1) is 35.3. The molecule has 3 aliphatic rings. The Kier molecular flexibility index (Phi) is 13.8. The first-order valence-corrected chi connectivity index (χ1v) is 17.2. The zero-order chi connectivity index (χ0) is 31.6. The van der Waals surface area contributed by atoms with Crippen molar-refractivity contribution in [1.82, 2.24) is 15.5 Å². The van der Waals surface area contributed by atoms with Crippen LogP contribution in [-0.2, 0) is 34.5 Å². The predicted octanol–water partition coefficient (Wildman–Crippen LogP) is 5.09. The van der Waals surface area contributed by atoms with Gasteiger partial charge in [-0.15, -0.1) is 0 Å². The highest BCUT2D eigenvalue weighted by molar-refractivity contribution is 7.54. The third kappa shape index (κ3) is 10.5. The van der Waals surface area contributed by atoms with E-state index in [9.17, 15) is 24.1 Å². The number of hydrogen-bond donors (Lipinski definition) is 3. The number of benzene rings is 1. The molecular weight excluding hydrogens is 597 g/mol. The van der Waals surface area contributed by atoms with E-state index in [0.29, 0.717) is 28.8 Å². The second-order valence-corrected chi connectivity index (χ2v) is 14.2. The summed E-state index contributed by atoms with van der Waals surface area (Å²) in [4.78, 5) is 40.6. The molecule has 0 spiro atoms. The van der Waals surface area contributed by atoms with Crippen molar-refractivity contribution in [2.24, 2.45) is 17.8 Å². The highest BCUT2D eigenvalue weighted by atomic mass is 35.5. The maximum Gasteiger partial charge on any atom is 0.408 e. The van der Waals surface area contributed by atoms with Crippen molar-refractivity contribution in [3.05, 3.63) is 34.9 Å². The van der Waals surface area contributed by atoms with Gasteiger partial charge in [0.2, 0.25) is 11.8 Å². The van der Waals surface area contributed by atoms with E-state index in [4.69, 9.17) is 25.4 Å². The molecule has 242 valence electrons. The van der Waals surface area contributed by atoms with Gasteiger partial charge in [0.25, 0.3) is 0 Å². The number of ether oxygens (including phenoxy) is 1. The minimum Gasteiger partial charge on any atom is -0.445 e. The van der Waals surface area contributed by atoms with Crippen molar-refractivity contribution >= 4 is 37.1 Å². The van der Waals surface area contributed by atoms with Crippen LogP contribution in [0.15, 0.2) is 24.3 Å². The van der Waals surface area contributed by atoms with Gasteiger partial charge in [0.15, 0.2) is 5.85 Å². The molecule has 0 aliphatic heterocycles. The molecule has 3 unspecified atom stereocenters. The molecule has 3 fully saturated rings. The summed E-state index contributed by atoms with van der Waals surface area (Å²) in [5.41, 5.74) is 0.699. The lowest BCUT2D eigenvalue weighted by Gasteiger charge is -2.43. The molecule has 11 nitrogen and oxygen atoms in total. The molecule has 1 aromatic carbocycles. The molecule has 13 heteroatoms. The minimum atomic E-state index is -4.06. The van der Waals surface area contributed by atoms with Crippen molar-refractivity contribution in [1.29, 1.82) is 0 Å². The quantitative estimate of drug-likeness (QED) is 0.211. The van der Waals surface area contributed by atoms with Gasteiger partial charge in [-0.1, -0.05) is 36.6 Å². The molecule has 4 atom stereocenters. The molecule has 3 amide bonds. The van der Waals surface area contributed by atoms with Gasteiger partial charge in [0.05, 0.1) is 19.3 Å². The summed E-state index contributed by atoms with van der Waals surface area (Å²) in [6, 6.07) is 4.81. The average Bonchev–Trinajstić information content (AvgIpc) is 2.98. The van der Waals surface area contributed by atoms with Crippen molar-refractivity contribution in [3.8, 4) is 0 Å². The Morgan fingerprint density at radius 2 is 1.77 bits per heavy atom. The van der Waals surface area contributed by atoms with E-state index in [1.54, 1.807) is 52.2 Å². The third-order valence-electron chi connectivity index (χ3n) is 8.40. The normalized spacial score (nSPS) is 21.9. The van der Waals surface area contributed by atoms with Gasteiger partial charge in [-0.3, -0.25) is 14.2 Å². The topological polar surface area (TPSA) is 144 Å². The molecule has 2 bridgehead atoms. The number of carbonyl (C=O) groups is 3. The van der Waals surface area contributed by atoms with Crippen molar-refractivity contribution in [3.63, 3.8) is 0 Å². The van der Waals surface area contributed by atoms with Gasteiger partial charge in [-0.05, 0) is 81.4 Å². The summed E-state index contributed by atoms with van der Waals surface area (Å²) < 4.78 is 29.6. The Balaban J connectivity index is 1.79. The SMILES string of the molecule is CCOP(=O)(OCC)C(O)[C@H](CCC(=O)N(C)C)NC(=O)C(CC1CC2CCC1CC2)NC(=O)OCc1cccc(Cl)c1. The van der Waals surface area contributed by atoms with Crippen LogP contribution in [0.2, 0.25) is 5.02 Å². The van der Waals surface area contributed by atoms with E-state index in [0.717, 1.165) is 19.3 Å². The number of alkyl carbamates (subject to hydrolysis) is 1. The van der Waals surface area contributed by atoms with Gasteiger partial charge in [0.1, 0.15) is 12.6 Å². The zero-order valence-electron chi connectivity index (χ0n) is 25.6. The molecule has 43 heavy (non-hydrogen) atoms. The summed E-state index contributed by atoms with van der Waals surface area (Å²) in [5, 5.41) is 17.2. The number of rotatable bonds is 16. The summed E-state index contributed by atoms with van der Waals surface area (Å²) in [7, 11) is -0.860. The van der Waals surface area contributed by atoms with Crippen LogP contribution in [0, 0.1) is 17.8 Å². The predicted molar refractivity (Wildman–Crippen MR) is 163 cm³/mol. The first-order valence-electron chi connectivity index (χ1n) is 15.2. The second-order valence-electron chi connectivity index (χ2n) is 11.6. The number of hydrogen-bond acceptors (Lipinski definition) is 8. The first-order chi connectivity index (χ1) is 20.4. The van der Waals surface area contributed by atoms with E-state index >= 15 is 0 Å². The van der Waals surface area contributed by atoms with Crippen LogP contribution >= 0.6 is 19.2 Å². The van der Waals surface area contributed by atoms with E-state index in [1.807, 2.05) is 0 Å². The highest BCUT2D eigenvalue weighted by Crippen LogP contribution is 2.53. The number of fused-ring (bicyclic) bond motifs is 3. The number of nitrogens with one attached hydrogen (secondary N) is 2. The molecule has 0 aromatic heterocycles. The monoisotopic (exact) mass is 643 g/mol. The standard InChI is InChI=1S/C30H47ClN3O8P/c1-5-41-43(39,42-6-2)29(37)25(14-15-27(35)34(3)4)32-28(36)26(18-23-16-20-10-12-22(23)13-11-20)33-30(38)40-19-21-8-7-9-24(31)17-21/h7-9,17,20,22-23,25-26,29,37H,5-6,10-16,18-19H2,1-4H3,(H,32,36)(H,33,38)/t20?,22?,23?,25-,26?,29?/m0/s1. The Morgan fingerprint density at radius 1 is 1.09 bits per heavy atom. The second kappa shape index (κ2) is 16.8. The Morgan fingerprint density at radius 3 is 2.33 bits per heavy atom. The molecule has 3 saturated carbocycles. The smallest absolute Gasteiger partial charge is 0.408 e. The van der Waals surface area contributed by atoms with Crippen LogP contribution in [0.25, 0.3) is 0 Å². The van der Waals surface area contributed by atoms with Crippen LogP contribution in [0.4, 0.5) is 4.79 Å². The van der Waals surface area contributed by atoms with E-state index in [2.05, 4.69) is 10.6 Å². The van der Waals surface area contributed by atoms with E-state index < -0.39 is 37.5 Å². The minimum absolute atomic E-state index is 0.0124. The molecule has 0 saturated heterocycles. The number of aliphatic hydroxyl groups excluding tert-OH is 1. The van der Waals surface area contributed by atoms with Crippen LogP contribution in [0.3, 0.4) is 0 Å². The number of nitrogens with zero attached hydrogens (tertiary/aromatic N) is 1. The summed E-state index contributed by atoms with van der Waals surface area (Å²) in [6.45, 7) is 3.23. The maximum absolute atomic E-state index is 13.8. The Bertz CT molecular complexity index is 1120. The van der Waals surface area contributed by atoms with Gasteiger partial charge in [-0.2, -0.15) is 0 Å². The lowest BCUT2D eigenvalue weighted by Crippen LogP contribution is -2.54. The fraction of sp³-hybridized carbons (Fsp3) is 0.700. The molecule has 1 aromatic rings. The third-order valence-corrected chi connectivity index (χ3v) is 10.9. The molecule has 0 heterocycles. The summed E-state index contributed by atoms with van der Waals surface area (Å²) in [6.07, 6.45) is 5.14. The lowest BCUT2D eigenvalue weighted by molar-refractivity contribution is -0.130. The maximum atomic E-state index is 13.8. The summed E-state index contributed by atoms with van der Waals surface area (Å²) in [5.74, 6) is -1.20. The van der Waals surface area contributed by atoms with E-state index in [1.165, 1.54) is 17.7 Å². The van der Waals surface area contributed by atoms with Crippen LogP contribution in [-0.4, -0.2) is 73.2 Å². The fourth-order valence-corrected chi connectivity index (χ4v) is 8.13.